The summed E-state index contributed by atoms with van der Waals surface area (Å²) < 4.78 is 32.4. The van der Waals surface area contributed by atoms with E-state index in [2.05, 4.69) is 0 Å². The van der Waals surface area contributed by atoms with Gasteiger partial charge in [0.1, 0.15) is 0 Å². The molecule has 1 N–H and O–H groups in total. The van der Waals surface area contributed by atoms with E-state index in [9.17, 15) is 17.6 Å². The number of aliphatic carboxylic acids is 1. The molecule has 4 nitrogen and oxygen atoms in total. The van der Waals surface area contributed by atoms with Crippen LogP contribution in [0.15, 0.2) is 0 Å². The fourth-order valence-corrected chi connectivity index (χ4v) is 1.19. The molecule has 0 aliphatic carbocycles. The molecule has 11 heavy (non-hydrogen) atoms. The fourth-order valence-electron chi connectivity index (χ4n) is 0.498. The number of halogens is 1. The number of hydrogen-bond acceptors (Lipinski definition) is 3. The Kier molecular flexibility index (Phi) is 4.02. The zero-order valence-corrected chi connectivity index (χ0v) is 6.60. The highest BCUT2D eigenvalue weighted by molar-refractivity contribution is 7.91. The number of carboxylic acids is 1. The summed E-state index contributed by atoms with van der Waals surface area (Å²) in [6, 6.07) is -1.41. The molecule has 0 fully saturated rings. The van der Waals surface area contributed by atoms with Gasteiger partial charge in [-0.1, -0.05) is 0 Å². The quantitative estimate of drug-likeness (QED) is 0.662. The highest BCUT2D eigenvalue weighted by atomic mass is 32.2. The van der Waals surface area contributed by atoms with Crippen molar-refractivity contribution in [2.24, 2.45) is 0 Å². The molecule has 0 spiro atoms. The van der Waals surface area contributed by atoms with E-state index in [1.165, 1.54) is 0 Å². The van der Waals surface area contributed by atoms with Crippen LogP contribution in [0.4, 0.5) is 4.39 Å². The van der Waals surface area contributed by atoms with E-state index < -0.39 is 27.6 Å². The normalized spacial score (nSPS) is 11.4. The Balaban J connectivity index is 3.63. The lowest BCUT2D eigenvalue weighted by Crippen LogP contribution is -2.09. The number of carbonyl (C=O) groups is 1. The van der Waals surface area contributed by atoms with Gasteiger partial charge >= 0.3 is 5.97 Å². The van der Waals surface area contributed by atoms with Gasteiger partial charge in [0, 0.05) is 6.42 Å². The summed E-state index contributed by atoms with van der Waals surface area (Å²) in [5, 5.41) is 8.09. The highest BCUT2D eigenvalue weighted by Gasteiger charge is 2.09. The topological polar surface area (TPSA) is 71.4 Å². The fraction of sp³-hybridized carbons (Fsp3) is 0.800. The van der Waals surface area contributed by atoms with Gasteiger partial charge in [0.25, 0.3) is 0 Å². The average Bonchev–Trinajstić information content (AvgIpc) is 1.87. The first kappa shape index (κ1) is 10.3. The van der Waals surface area contributed by atoms with E-state index in [1.54, 1.807) is 0 Å². The van der Waals surface area contributed by atoms with Crippen LogP contribution in [-0.4, -0.2) is 31.3 Å². The summed E-state index contributed by atoms with van der Waals surface area (Å²) in [6.45, 7) is 0. The van der Waals surface area contributed by atoms with Crippen molar-refractivity contribution in [3.05, 3.63) is 0 Å². The van der Waals surface area contributed by atoms with Crippen molar-refractivity contribution in [3.63, 3.8) is 0 Å². The van der Waals surface area contributed by atoms with E-state index in [-0.39, 0.29) is 12.8 Å². The Labute approximate surface area is 63.9 Å². The smallest absolute Gasteiger partial charge is 0.303 e. The van der Waals surface area contributed by atoms with Gasteiger partial charge in [-0.3, -0.25) is 4.79 Å². The van der Waals surface area contributed by atoms with Gasteiger partial charge in [0.2, 0.25) is 0 Å². The minimum absolute atomic E-state index is 0.0262. The van der Waals surface area contributed by atoms with E-state index in [0.29, 0.717) is 0 Å². The Morgan fingerprint density at radius 3 is 2.36 bits per heavy atom. The predicted molar refractivity (Wildman–Crippen MR) is 36.6 cm³/mol. The second-order valence-electron chi connectivity index (χ2n) is 2.05. The molecule has 0 saturated carbocycles. The van der Waals surface area contributed by atoms with Crippen LogP contribution in [0.25, 0.3) is 0 Å². The van der Waals surface area contributed by atoms with Crippen molar-refractivity contribution in [2.45, 2.75) is 12.8 Å². The molecule has 0 aromatic rings. The first-order valence-corrected chi connectivity index (χ1v) is 4.78. The lowest BCUT2D eigenvalue weighted by Gasteiger charge is -1.95. The molecule has 0 aliphatic rings. The van der Waals surface area contributed by atoms with Crippen molar-refractivity contribution in [1.82, 2.24) is 0 Å². The third-order valence-electron chi connectivity index (χ3n) is 1.01. The van der Waals surface area contributed by atoms with Crippen molar-refractivity contribution < 1.29 is 22.7 Å². The van der Waals surface area contributed by atoms with Gasteiger partial charge in [-0.25, -0.2) is 12.8 Å². The van der Waals surface area contributed by atoms with Crippen LogP contribution in [0, 0.1) is 0 Å². The third kappa shape index (κ3) is 5.78. The van der Waals surface area contributed by atoms with Crippen molar-refractivity contribution in [1.29, 1.82) is 0 Å². The zero-order chi connectivity index (χ0) is 8.91. The van der Waals surface area contributed by atoms with Gasteiger partial charge in [-0.15, -0.1) is 0 Å². The predicted octanol–water partition coefficient (Wildman–Crippen LogP) is 0.193. The lowest BCUT2D eigenvalue weighted by atomic mass is 10.3. The number of sulfone groups is 1. The van der Waals surface area contributed by atoms with Crippen LogP contribution in [0.3, 0.4) is 0 Å². The molecule has 0 radical (unpaired) electrons. The average molecular weight is 184 g/mol. The van der Waals surface area contributed by atoms with Gasteiger partial charge < -0.3 is 5.11 Å². The largest absolute Gasteiger partial charge is 0.481 e. The lowest BCUT2D eigenvalue weighted by molar-refractivity contribution is -0.137. The monoisotopic (exact) mass is 184 g/mol. The molecular formula is C5H9FO4S. The molecule has 0 heterocycles. The Morgan fingerprint density at radius 2 is 2.00 bits per heavy atom. The number of hydrogen-bond donors (Lipinski definition) is 1. The minimum Gasteiger partial charge on any atom is -0.481 e. The number of carboxylic acid groups (broad SMARTS) is 1. The number of alkyl halides is 1. The maximum absolute atomic E-state index is 11.6. The van der Waals surface area contributed by atoms with Crippen LogP contribution >= 0.6 is 0 Å². The molecule has 0 unspecified atom stereocenters. The number of rotatable bonds is 5. The summed E-state index contributed by atoms with van der Waals surface area (Å²) in [7, 11) is -3.65. The highest BCUT2D eigenvalue weighted by Crippen LogP contribution is 1.97. The zero-order valence-electron chi connectivity index (χ0n) is 5.79. The molecule has 0 aromatic carbocycles. The van der Waals surface area contributed by atoms with Gasteiger partial charge in [-0.2, -0.15) is 0 Å². The Morgan fingerprint density at radius 1 is 1.45 bits per heavy atom. The molecule has 6 heteroatoms. The summed E-state index contributed by atoms with van der Waals surface area (Å²) in [5.41, 5.74) is 0. The first-order chi connectivity index (χ1) is 4.98. The molecule has 0 bridgehead atoms. The maximum Gasteiger partial charge on any atom is 0.303 e. The Hall–Kier alpha value is -0.650. The molecule has 0 saturated heterocycles. The molecule has 0 amide bonds. The maximum atomic E-state index is 11.6. The van der Waals surface area contributed by atoms with Crippen LogP contribution in [0.1, 0.15) is 12.8 Å². The standard InChI is InChI=1S/C5H9FO4S/c6-4-11(9,10)3-1-2-5(7)8/h1-4H2,(H,7,8). The van der Waals surface area contributed by atoms with Crippen molar-refractivity contribution in [3.8, 4) is 0 Å². The molecule has 0 rings (SSSR count). The van der Waals surface area contributed by atoms with Gasteiger partial charge in [0.15, 0.2) is 15.8 Å². The molecule has 0 aromatic heterocycles. The molecular weight excluding hydrogens is 175 g/mol. The van der Waals surface area contributed by atoms with Gasteiger partial charge in [-0.05, 0) is 6.42 Å². The molecule has 0 aliphatic heterocycles. The summed E-state index contributed by atoms with van der Waals surface area (Å²) in [5.74, 6) is -1.46. The third-order valence-corrected chi connectivity index (χ3v) is 2.26. The van der Waals surface area contributed by atoms with E-state index in [4.69, 9.17) is 5.11 Å². The van der Waals surface area contributed by atoms with Gasteiger partial charge in [0.05, 0.1) is 5.75 Å². The summed E-state index contributed by atoms with van der Waals surface area (Å²) in [4.78, 5) is 9.88. The van der Waals surface area contributed by atoms with Crippen LogP contribution in [-0.2, 0) is 14.6 Å². The SMILES string of the molecule is O=C(O)CCCS(=O)(=O)CF. The van der Waals surface area contributed by atoms with Crippen LogP contribution in [0.2, 0.25) is 0 Å². The molecule has 66 valence electrons. The second kappa shape index (κ2) is 4.27. The second-order valence-corrected chi connectivity index (χ2v) is 4.17. The van der Waals surface area contributed by atoms with Crippen LogP contribution < -0.4 is 0 Å². The van der Waals surface area contributed by atoms with E-state index >= 15 is 0 Å². The van der Waals surface area contributed by atoms with Crippen molar-refractivity contribution >= 4 is 15.8 Å². The first-order valence-electron chi connectivity index (χ1n) is 2.96. The minimum atomic E-state index is -3.65. The summed E-state index contributed by atoms with van der Waals surface area (Å²) in [6.07, 6.45) is -0.263. The Bertz CT molecular complexity index is 221. The van der Waals surface area contributed by atoms with E-state index in [1.807, 2.05) is 0 Å². The van der Waals surface area contributed by atoms with E-state index in [0.717, 1.165) is 0 Å². The summed E-state index contributed by atoms with van der Waals surface area (Å²) >= 11 is 0. The van der Waals surface area contributed by atoms with Crippen LogP contribution in [0.5, 0.6) is 0 Å². The van der Waals surface area contributed by atoms with Crippen molar-refractivity contribution in [2.75, 3.05) is 11.8 Å². The molecule has 0 atom stereocenters.